The fourth-order valence-corrected chi connectivity index (χ4v) is 11.9. The van der Waals surface area contributed by atoms with Gasteiger partial charge < -0.3 is 19.7 Å². The normalized spacial score (nSPS) is 20.1. The fraction of sp³-hybridized carbons (Fsp3) is 0.750. The second-order valence-electron chi connectivity index (χ2n) is 8.34. The van der Waals surface area contributed by atoms with Crippen LogP contribution in [0.1, 0.15) is 24.5 Å². The molecular weight excluding hydrogens is 545 g/mol. The van der Waals surface area contributed by atoms with Gasteiger partial charge in [-0.25, -0.2) is 0 Å². The summed E-state index contributed by atoms with van der Waals surface area (Å²) in [6.45, 7) is 4.00. The van der Waals surface area contributed by atoms with E-state index in [1.54, 1.807) is 0 Å². The molecule has 2 fully saturated rings. The Morgan fingerprint density at radius 1 is 0.853 bits per heavy atom. The van der Waals surface area contributed by atoms with E-state index in [-0.39, 0.29) is 0 Å². The highest BCUT2D eigenvalue weighted by Gasteiger charge is 2.23. The van der Waals surface area contributed by atoms with Gasteiger partial charge in [-0.2, -0.15) is 23.5 Å². The van der Waals surface area contributed by atoms with Gasteiger partial charge in [0.15, 0.2) is 0 Å². The standard InChI is InChI=1S/C24H38O4S6/c1-18(24-32-10-11-33-24)34-17-22(26)15-28-13-20-4-2-19(3-5-20)12-27-14-21(25)16-29-7-6-23-30-8-9-31-23/h2-5,18,21-26H,6-17H2,1H3. The first-order valence-corrected chi connectivity index (χ1v) is 18.2. The zero-order valence-electron chi connectivity index (χ0n) is 19.8. The molecule has 0 radical (unpaired) electrons. The highest BCUT2D eigenvalue weighted by Crippen LogP contribution is 2.39. The molecule has 194 valence electrons. The van der Waals surface area contributed by atoms with Crippen molar-refractivity contribution in [1.29, 1.82) is 0 Å². The summed E-state index contributed by atoms with van der Waals surface area (Å²) in [6.07, 6.45) is 0.381. The molecular formula is C24H38O4S6. The zero-order chi connectivity index (χ0) is 24.0. The number of benzene rings is 1. The van der Waals surface area contributed by atoms with Crippen molar-refractivity contribution in [1.82, 2.24) is 0 Å². The average Bonchev–Trinajstić information content (AvgIpc) is 3.56. The lowest BCUT2D eigenvalue weighted by molar-refractivity contribution is 0.0387. The number of thioether (sulfide) groups is 6. The van der Waals surface area contributed by atoms with Crippen LogP contribution >= 0.6 is 70.6 Å². The molecule has 0 amide bonds. The summed E-state index contributed by atoms with van der Waals surface area (Å²) in [6, 6.07) is 8.17. The number of rotatable bonds is 17. The molecule has 3 rings (SSSR count). The minimum Gasteiger partial charge on any atom is -0.390 e. The topological polar surface area (TPSA) is 58.9 Å². The maximum Gasteiger partial charge on any atom is 0.0864 e. The predicted molar refractivity (Wildman–Crippen MR) is 159 cm³/mol. The number of hydrogen-bond donors (Lipinski definition) is 2. The largest absolute Gasteiger partial charge is 0.390 e. The van der Waals surface area contributed by atoms with Gasteiger partial charge in [0, 0.05) is 39.8 Å². The first-order valence-electron chi connectivity index (χ1n) is 11.9. The van der Waals surface area contributed by atoms with Crippen LogP contribution in [0.5, 0.6) is 0 Å². The predicted octanol–water partition coefficient (Wildman–Crippen LogP) is 5.30. The highest BCUT2D eigenvalue weighted by atomic mass is 32.2. The smallest absolute Gasteiger partial charge is 0.0864 e. The Bertz CT molecular complexity index is 655. The Kier molecular flexibility index (Phi) is 15.4. The third-order valence-corrected chi connectivity index (χ3v) is 14.7. The van der Waals surface area contributed by atoms with Crippen LogP contribution in [-0.4, -0.2) is 90.3 Å². The summed E-state index contributed by atoms with van der Waals surface area (Å²) in [7, 11) is 0. The van der Waals surface area contributed by atoms with E-state index in [1.165, 1.54) is 29.4 Å². The van der Waals surface area contributed by atoms with Crippen LogP contribution in [0.2, 0.25) is 0 Å². The molecule has 0 saturated carbocycles. The van der Waals surface area contributed by atoms with E-state index in [0.29, 0.717) is 36.3 Å². The average molecular weight is 583 g/mol. The van der Waals surface area contributed by atoms with Gasteiger partial charge in [-0.3, -0.25) is 0 Å². The summed E-state index contributed by atoms with van der Waals surface area (Å²) >= 11 is 11.9. The Balaban J connectivity index is 1.19. The van der Waals surface area contributed by atoms with Crippen molar-refractivity contribution in [3.63, 3.8) is 0 Å². The summed E-state index contributed by atoms with van der Waals surface area (Å²) < 4.78 is 12.9. The lowest BCUT2D eigenvalue weighted by Crippen LogP contribution is -2.21. The van der Waals surface area contributed by atoms with Crippen molar-refractivity contribution >= 4 is 70.6 Å². The fourth-order valence-electron chi connectivity index (χ4n) is 3.42. The van der Waals surface area contributed by atoms with E-state index in [1.807, 2.05) is 71.3 Å². The highest BCUT2D eigenvalue weighted by molar-refractivity contribution is 8.21. The molecule has 1 aromatic rings. The Hall–Kier alpha value is 1.16. The summed E-state index contributed by atoms with van der Waals surface area (Å²) in [5.41, 5.74) is 2.18. The van der Waals surface area contributed by atoms with Crippen LogP contribution in [0.15, 0.2) is 24.3 Å². The van der Waals surface area contributed by atoms with Gasteiger partial charge in [-0.05, 0) is 23.3 Å². The van der Waals surface area contributed by atoms with E-state index in [9.17, 15) is 10.2 Å². The van der Waals surface area contributed by atoms with E-state index in [4.69, 9.17) is 9.47 Å². The number of aliphatic hydroxyl groups is 2. The second kappa shape index (κ2) is 17.6. The molecule has 2 aliphatic heterocycles. The molecule has 0 aromatic heterocycles. The van der Waals surface area contributed by atoms with Crippen molar-refractivity contribution in [2.75, 3.05) is 53.5 Å². The summed E-state index contributed by atoms with van der Waals surface area (Å²) in [5, 5.41) is 20.9. The monoisotopic (exact) mass is 582 g/mol. The lowest BCUT2D eigenvalue weighted by atomic mass is 10.1. The molecule has 10 heteroatoms. The third kappa shape index (κ3) is 12.1. The molecule has 2 aliphatic rings. The molecule has 34 heavy (non-hydrogen) atoms. The van der Waals surface area contributed by atoms with E-state index >= 15 is 0 Å². The minimum absolute atomic E-state index is 0.365. The molecule has 2 N–H and O–H groups in total. The maximum absolute atomic E-state index is 10.2. The lowest BCUT2D eigenvalue weighted by Gasteiger charge is -2.19. The van der Waals surface area contributed by atoms with Crippen LogP contribution in [0.4, 0.5) is 0 Å². The summed E-state index contributed by atoms with van der Waals surface area (Å²) in [5.74, 6) is 7.63. The van der Waals surface area contributed by atoms with Crippen molar-refractivity contribution in [2.24, 2.45) is 0 Å². The van der Waals surface area contributed by atoms with Gasteiger partial charge in [-0.15, -0.1) is 47.0 Å². The van der Waals surface area contributed by atoms with Crippen LogP contribution in [0, 0.1) is 0 Å². The minimum atomic E-state index is -0.429. The second-order valence-corrected chi connectivity index (χ2v) is 16.6. The molecule has 2 heterocycles. The van der Waals surface area contributed by atoms with Crippen LogP contribution in [0.25, 0.3) is 0 Å². The zero-order valence-corrected chi connectivity index (χ0v) is 24.7. The molecule has 4 nitrogen and oxygen atoms in total. The maximum atomic E-state index is 10.2. The van der Waals surface area contributed by atoms with Crippen LogP contribution < -0.4 is 0 Å². The Morgan fingerprint density at radius 3 is 1.97 bits per heavy atom. The molecule has 3 unspecified atom stereocenters. The third-order valence-electron chi connectivity index (χ3n) is 5.26. The number of hydrogen-bond acceptors (Lipinski definition) is 10. The van der Waals surface area contributed by atoms with Gasteiger partial charge in [0.2, 0.25) is 0 Å². The Labute approximate surface area is 231 Å². The van der Waals surface area contributed by atoms with Crippen molar-refractivity contribution in [3.05, 3.63) is 35.4 Å². The van der Waals surface area contributed by atoms with Crippen molar-refractivity contribution in [2.45, 2.75) is 53.2 Å². The quantitative estimate of drug-likeness (QED) is 0.237. The Morgan fingerprint density at radius 2 is 1.38 bits per heavy atom. The van der Waals surface area contributed by atoms with Crippen LogP contribution in [0.3, 0.4) is 0 Å². The molecule has 1 aromatic carbocycles. The van der Waals surface area contributed by atoms with Crippen LogP contribution in [-0.2, 0) is 22.7 Å². The molecule has 2 saturated heterocycles. The van der Waals surface area contributed by atoms with E-state index in [0.717, 1.165) is 33.0 Å². The first-order chi connectivity index (χ1) is 16.6. The van der Waals surface area contributed by atoms with Gasteiger partial charge >= 0.3 is 0 Å². The number of ether oxygens (including phenoxy) is 2. The van der Waals surface area contributed by atoms with Gasteiger partial charge in [0.05, 0.1) is 47.8 Å². The van der Waals surface area contributed by atoms with E-state index < -0.39 is 12.2 Å². The molecule has 0 aliphatic carbocycles. The van der Waals surface area contributed by atoms with Gasteiger partial charge in [0.25, 0.3) is 0 Å². The molecule has 3 atom stereocenters. The molecule has 0 spiro atoms. The molecule has 0 bridgehead atoms. The van der Waals surface area contributed by atoms with Crippen molar-refractivity contribution in [3.8, 4) is 0 Å². The first kappa shape index (κ1) is 29.7. The van der Waals surface area contributed by atoms with E-state index in [2.05, 4.69) is 30.4 Å². The van der Waals surface area contributed by atoms with Gasteiger partial charge in [-0.1, -0.05) is 31.2 Å². The summed E-state index contributed by atoms with van der Waals surface area (Å²) in [4.78, 5) is 0. The van der Waals surface area contributed by atoms with Crippen molar-refractivity contribution < 1.29 is 19.7 Å². The SMILES string of the molecule is CC(SCC(O)COCc1ccc(COCC(O)CSCCC2SCCS2)cc1)C1SCCS1. The van der Waals surface area contributed by atoms with Gasteiger partial charge in [0.1, 0.15) is 0 Å². The number of aliphatic hydroxyl groups excluding tert-OH is 2.